The van der Waals surface area contributed by atoms with E-state index < -0.39 is 0 Å². The Kier molecular flexibility index (Phi) is 4.90. The number of aromatic nitrogens is 2. The highest BCUT2D eigenvalue weighted by atomic mass is 79.9. The summed E-state index contributed by atoms with van der Waals surface area (Å²) in [5.74, 6) is -0.224. The van der Waals surface area contributed by atoms with Crippen molar-refractivity contribution in [2.24, 2.45) is 0 Å². The zero-order valence-corrected chi connectivity index (χ0v) is 13.3. The fourth-order valence-corrected chi connectivity index (χ4v) is 2.68. The van der Waals surface area contributed by atoms with Crippen LogP contribution in [-0.2, 0) is 6.42 Å². The minimum atomic E-state index is -0.224. The van der Waals surface area contributed by atoms with Crippen molar-refractivity contribution in [3.63, 3.8) is 0 Å². The van der Waals surface area contributed by atoms with Crippen LogP contribution in [0.15, 0.2) is 22.7 Å². The average Bonchev–Trinajstić information content (AvgIpc) is 2.82. The summed E-state index contributed by atoms with van der Waals surface area (Å²) in [6.45, 7) is 2.03. The lowest BCUT2D eigenvalue weighted by Crippen LogP contribution is -2.12. The molecule has 2 rings (SSSR count). The second-order valence-corrected chi connectivity index (χ2v) is 5.95. The maximum Gasteiger partial charge on any atom is 0.269 e. The van der Waals surface area contributed by atoms with Crippen LogP contribution in [0.5, 0.6) is 0 Å². The monoisotopic (exact) mass is 359 g/mol. The fourth-order valence-electron chi connectivity index (χ4n) is 1.55. The van der Waals surface area contributed by atoms with Crippen molar-refractivity contribution in [1.82, 2.24) is 9.59 Å². The van der Waals surface area contributed by atoms with Crippen LogP contribution < -0.4 is 5.32 Å². The molecule has 0 saturated heterocycles. The SMILES string of the molecule is CCCc1nnsc1C(=O)Nc1cc(Br)ccc1Cl. The summed E-state index contributed by atoms with van der Waals surface area (Å²) >= 11 is 10.5. The molecule has 0 fully saturated rings. The first-order valence-electron chi connectivity index (χ1n) is 5.69. The number of nitrogens with zero attached hydrogens (tertiary/aromatic N) is 2. The van der Waals surface area contributed by atoms with E-state index in [-0.39, 0.29) is 5.91 Å². The van der Waals surface area contributed by atoms with Gasteiger partial charge in [-0.15, -0.1) is 5.10 Å². The quantitative estimate of drug-likeness (QED) is 0.890. The van der Waals surface area contributed by atoms with E-state index in [0.717, 1.165) is 34.5 Å². The van der Waals surface area contributed by atoms with Crippen LogP contribution in [-0.4, -0.2) is 15.5 Å². The summed E-state index contributed by atoms with van der Waals surface area (Å²) in [6, 6.07) is 5.29. The summed E-state index contributed by atoms with van der Waals surface area (Å²) < 4.78 is 4.68. The molecule has 19 heavy (non-hydrogen) atoms. The molecule has 7 heteroatoms. The zero-order valence-electron chi connectivity index (χ0n) is 10.1. The maximum atomic E-state index is 12.2. The van der Waals surface area contributed by atoms with Gasteiger partial charge in [-0.2, -0.15) is 0 Å². The molecular formula is C12H11BrClN3OS. The molecule has 1 amide bonds. The minimum Gasteiger partial charge on any atom is -0.320 e. The highest BCUT2D eigenvalue weighted by molar-refractivity contribution is 9.10. The number of hydrogen-bond acceptors (Lipinski definition) is 4. The van der Waals surface area contributed by atoms with Crippen molar-refractivity contribution in [1.29, 1.82) is 0 Å². The van der Waals surface area contributed by atoms with Crippen LogP contribution in [0.25, 0.3) is 0 Å². The van der Waals surface area contributed by atoms with Gasteiger partial charge in [0.1, 0.15) is 4.88 Å². The smallest absolute Gasteiger partial charge is 0.269 e. The first-order valence-corrected chi connectivity index (χ1v) is 7.64. The Hall–Kier alpha value is -0.980. The minimum absolute atomic E-state index is 0.224. The predicted molar refractivity (Wildman–Crippen MR) is 81.0 cm³/mol. The number of benzene rings is 1. The number of halogens is 2. The van der Waals surface area contributed by atoms with E-state index in [1.807, 2.05) is 13.0 Å². The van der Waals surface area contributed by atoms with E-state index in [4.69, 9.17) is 11.6 Å². The zero-order chi connectivity index (χ0) is 13.8. The van der Waals surface area contributed by atoms with E-state index in [1.54, 1.807) is 12.1 Å². The number of rotatable bonds is 4. The molecule has 1 aromatic carbocycles. The van der Waals surface area contributed by atoms with Gasteiger partial charge in [0.15, 0.2) is 0 Å². The number of carbonyl (C=O) groups excluding carboxylic acids is 1. The van der Waals surface area contributed by atoms with Crippen molar-refractivity contribution >= 4 is 50.7 Å². The Morgan fingerprint density at radius 3 is 3.05 bits per heavy atom. The van der Waals surface area contributed by atoms with Crippen molar-refractivity contribution in [2.45, 2.75) is 19.8 Å². The lowest BCUT2D eigenvalue weighted by Gasteiger charge is -2.07. The fraction of sp³-hybridized carbons (Fsp3) is 0.250. The van der Waals surface area contributed by atoms with Gasteiger partial charge in [0, 0.05) is 4.47 Å². The molecule has 2 aromatic rings. The second kappa shape index (κ2) is 6.45. The van der Waals surface area contributed by atoms with Crippen LogP contribution in [0.3, 0.4) is 0 Å². The molecule has 0 aliphatic rings. The van der Waals surface area contributed by atoms with E-state index in [9.17, 15) is 4.79 Å². The molecule has 0 bridgehead atoms. The third kappa shape index (κ3) is 3.52. The van der Waals surface area contributed by atoms with Crippen molar-refractivity contribution in [2.75, 3.05) is 5.32 Å². The average molecular weight is 361 g/mol. The number of aryl methyl sites for hydroxylation is 1. The topological polar surface area (TPSA) is 54.9 Å². The van der Waals surface area contributed by atoms with Gasteiger partial charge in [-0.05, 0) is 36.2 Å². The molecule has 0 unspecified atom stereocenters. The van der Waals surface area contributed by atoms with Crippen LogP contribution >= 0.6 is 39.1 Å². The summed E-state index contributed by atoms with van der Waals surface area (Å²) in [7, 11) is 0. The molecule has 1 N–H and O–H groups in total. The highest BCUT2D eigenvalue weighted by Crippen LogP contribution is 2.26. The van der Waals surface area contributed by atoms with Gasteiger partial charge in [-0.25, -0.2) is 0 Å². The summed E-state index contributed by atoms with van der Waals surface area (Å²) in [5.41, 5.74) is 1.30. The largest absolute Gasteiger partial charge is 0.320 e. The molecule has 4 nitrogen and oxygen atoms in total. The lowest BCUT2D eigenvalue weighted by atomic mass is 10.2. The normalized spacial score (nSPS) is 10.5. The molecule has 0 saturated carbocycles. The van der Waals surface area contributed by atoms with Crippen LogP contribution in [0, 0.1) is 0 Å². The molecule has 1 heterocycles. The van der Waals surface area contributed by atoms with Crippen molar-refractivity contribution in [3.8, 4) is 0 Å². The van der Waals surface area contributed by atoms with Gasteiger partial charge in [-0.1, -0.05) is 45.4 Å². The molecular weight excluding hydrogens is 350 g/mol. The Morgan fingerprint density at radius 2 is 2.32 bits per heavy atom. The summed E-state index contributed by atoms with van der Waals surface area (Å²) in [4.78, 5) is 12.7. The van der Waals surface area contributed by atoms with Gasteiger partial charge >= 0.3 is 0 Å². The van der Waals surface area contributed by atoms with Crippen LogP contribution in [0.2, 0.25) is 5.02 Å². The Labute approximate surface area is 128 Å². The third-order valence-corrected chi connectivity index (χ3v) is 4.02. The van der Waals surface area contributed by atoms with Gasteiger partial charge in [0.2, 0.25) is 0 Å². The Morgan fingerprint density at radius 1 is 1.53 bits per heavy atom. The molecule has 1 aromatic heterocycles. The molecule has 0 aliphatic heterocycles. The molecule has 0 spiro atoms. The van der Waals surface area contributed by atoms with Gasteiger partial charge < -0.3 is 5.32 Å². The number of anilines is 1. The summed E-state index contributed by atoms with van der Waals surface area (Å²) in [6.07, 6.45) is 1.66. The Bertz CT molecular complexity index is 602. The molecule has 0 radical (unpaired) electrons. The lowest BCUT2D eigenvalue weighted by molar-refractivity contribution is 0.102. The summed E-state index contributed by atoms with van der Waals surface area (Å²) in [5, 5.41) is 7.25. The second-order valence-electron chi connectivity index (χ2n) is 3.88. The van der Waals surface area contributed by atoms with Gasteiger partial charge in [-0.3, -0.25) is 4.79 Å². The standard InChI is InChI=1S/C12H11BrClN3OS/c1-2-3-9-11(19-17-16-9)12(18)15-10-6-7(13)4-5-8(10)14/h4-6H,2-3H2,1H3,(H,15,18). The number of nitrogens with one attached hydrogen (secondary N) is 1. The number of amides is 1. The van der Waals surface area contributed by atoms with Gasteiger partial charge in [0.25, 0.3) is 5.91 Å². The van der Waals surface area contributed by atoms with E-state index in [2.05, 4.69) is 30.8 Å². The molecule has 0 aliphatic carbocycles. The van der Waals surface area contributed by atoms with Crippen LogP contribution in [0.4, 0.5) is 5.69 Å². The Balaban J connectivity index is 2.21. The highest BCUT2D eigenvalue weighted by Gasteiger charge is 2.16. The maximum absolute atomic E-state index is 12.2. The van der Waals surface area contributed by atoms with Crippen molar-refractivity contribution in [3.05, 3.63) is 38.3 Å². The van der Waals surface area contributed by atoms with Gasteiger partial charge in [0.05, 0.1) is 16.4 Å². The first kappa shape index (κ1) is 14.4. The van der Waals surface area contributed by atoms with E-state index in [1.165, 1.54) is 0 Å². The molecule has 0 atom stereocenters. The van der Waals surface area contributed by atoms with Crippen molar-refractivity contribution < 1.29 is 4.79 Å². The number of hydrogen-bond donors (Lipinski definition) is 1. The number of carbonyl (C=O) groups is 1. The van der Waals surface area contributed by atoms with Crippen LogP contribution in [0.1, 0.15) is 28.7 Å². The third-order valence-electron chi connectivity index (χ3n) is 2.43. The predicted octanol–water partition coefficient (Wildman–Crippen LogP) is 4.16. The van der Waals surface area contributed by atoms with E-state index >= 15 is 0 Å². The first-order chi connectivity index (χ1) is 9.11. The van der Waals surface area contributed by atoms with E-state index in [0.29, 0.717) is 15.6 Å². The molecule has 100 valence electrons.